The maximum absolute atomic E-state index is 13.7. The number of halogens is 1. The van der Waals surface area contributed by atoms with Crippen LogP contribution in [-0.2, 0) is 9.59 Å². The first-order chi connectivity index (χ1) is 14.4. The minimum atomic E-state index is -0.531. The number of imide groups is 1. The standard InChI is InChI=1S/C23H19FN2O3S/c1-14(2)29-18-10-8-16(9-11-18)25-21-20(19-7-4-12-30-19)22(27)26(23(21)28)17-6-3-5-15(24)13-17/h3-14,25H,1-2H3. The predicted molar refractivity (Wildman–Crippen MR) is 116 cm³/mol. The van der Waals surface area contributed by atoms with Gasteiger partial charge in [-0.3, -0.25) is 9.59 Å². The molecule has 30 heavy (non-hydrogen) atoms. The van der Waals surface area contributed by atoms with Crippen molar-refractivity contribution in [1.29, 1.82) is 0 Å². The molecule has 0 saturated carbocycles. The van der Waals surface area contributed by atoms with Gasteiger partial charge in [-0.15, -0.1) is 11.3 Å². The summed E-state index contributed by atoms with van der Waals surface area (Å²) in [5, 5.41) is 4.91. The van der Waals surface area contributed by atoms with Crippen molar-refractivity contribution in [3.63, 3.8) is 0 Å². The molecule has 7 heteroatoms. The molecule has 1 aliphatic rings. The van der Waals surface area contributed by atoms with E-state index in [2.05, 4.69) is 5.32 Å². The summed E-state index contributed by atoms with van der Waals surface area (Å²) in [6.45, 7) is 3.88. The van der Waals surface area contributed by atoms with Crippen molar-refractivity contribution in [2.24, 2.45) is 0 Å². The first-order valence-electron chi connectivity index (χ1n) is 9.40. The van der Waals surface area contributed by atoms with Gasteiger partial charge in [-0.05, 0) is 67.8 Å². The van der Waals surface area contributed by atoms with Crippen molar-refractivity contribution in [3.8, 4) is 5.75 Å². The zero-order valence-corrected chi connectivity index (χ0v) is 17.2. The van der Waals surface area contributed by atoms with Crippen LogP contribution in [0.2, 0.25) is 0 Å². The fourth-order valence-corrected chi connectivity index (χ4v) is 3.95. The van der Waals surface area contributed by atoms with E-state index in [1.54, 1.807) is 30.3 Å². The predicted octanol–water partition coefficient (Wildman–Crippen LogP) is 5.07. The van der Waals surface area contributed by atoms with Crippen LogP contribution in [0.5, 0.6) is 5.75 Å². The first kappa shape index (κ1) is 19.8. The molecule has 2 amide bonds. The summed E-state index contributed by atoms with van der Waals surface area (Å²) in [7, 11) is 0. The number of nitrogens with zero attached hydrogens (tertiary/aromatic N) is 1. The van der Waals surface area contributed by atoms with Gasteiger partial charge in [0, 0.05) is 10.6 Å². The highest BCUT2D eigenvalue weighted by Crippen LogP contribution is 2.35. The Morgan fingerprint density at radius 3 is 2.40 bits per heavy atom. The van der Waals surface area contributed by atoms with Crippen LogP contribution in [-0.4, -0.2) is 17.9 Å². The Labute approximate surface area is 177 Å². The van der Waals surface area contributed by atoms with E-state index in [0.29, 0.717) is 16.3 Å². The van der Waals surface area contributed by atoms with Gasteiger partial charge in [0.25, 0.3) is 11.8 Å². The number of thiophene rings is 1. The molecule has 0 atom stereocenters. The maximum atomic E-state index is 13.7. The van der Waals surface area contributed by atoms with Crippen molar-refractivity contribution in [2.75, 3.05) is 10.2 Å². The normalized spacial score (nSPS) is 14.1. The van der Waals surface area contributed by atoms with Crippen LogP contribution in [0.1, 0.15) is 18.7 Å². The molecule has 152 valence electrons. The van der Waals surface area contributed by atoms with E-state index >= 15 is 0 Å². The highest BCUT2D eigenvalue weighted by atomic mass is 32.1. The molecule has 0 unspecified atom stereocenters. The number of anilines is 2. The van der Waals surface area contributed by atoms with Crippen LogP contribution < -0.4 is 15.0 Å². The lowest BCUT2D eigenvalue weighted by Gasteiger charge is -2.15. The molecule has 0 radical (unpaired) electrons. The zero-order chi connectivity index (χ0) is 21.3. The fraction of sp³-hybridized carbons (Fsp3) is 0.130. The van der Waals surface area contributed by atoms with E-state index < -0.39 is 17.6 Å². The second-order valence-corrected chi connectivity index (χ2v) is 7.92. The summed E-state index contributed by atoms with van der Waals surface area (Å²) in [5.74, 6) is -0.835. The number of carbonyl (C=O) groups excluding carboxylic acids is 2. The van der Waals surface area contributed by atoms with Crippen LogP contribution in [0.3, 0.4) is 0 Å². The molecule has 5 nitrogen and oxygen atoms in total. The Balaban J connectivity index is 1.71. The molecule has 2 aromatic carbocycles. The average molecular weight is 422 g/mol. The third-order valence-electron chi connectivity index (χ3n) is 4.41. The number of hydrogen-bond donors (Lipinski definition) is 1. The van der Waals surface area contributed by atoms with Crippen molar-refractivity contribution >= 4 is 40.1 Å². The largest absolute Gasteiger partial charge is 0.491 e. The average Bonchev–Trinajstić information content (AvgIpc) is 3.30. The van der Waals surface area contributed by atoms with Gasteiger partial charge in [0.05, 0.1) is 17.4 Å². The third kappa shape index (κ3) is 3.84. The summed E-state index contributed by atoms with van der Waals surface area (Å²) in [6, 6.07) is 16.2. The number of carbonyl (C=O) groups is 2. The highest BCUT2D eigenvalue weighted by molar-refractivity contribution is 7.11. The number of benzene rings is 2. The summed E-state index contributed by atoms with van der Waals surface area (Å²) < 4.78 is 19.4. The van der Waals surface area contributed by atoms with E-state index in [1.165, 1.54) is 35.6 Å². The molecule has 3 aromatic rings. The summed E-state index contributed by atoms with van der Waals surface area (Å²) in [6.07, 6.45) is 0.0470. The molecule has 2 heterocycles. The molecular formula is C23H19FN2O3S. The van der Waals surface area contributed by atoms with Crippen LogP contribution in [0.25, 0.3) is 5.57 Å². The Bertz CT molecular complexity index is 1120. The third-order valence-corrected chi connectivity index (χ3v) is 5.30. The Kier molecular flexibility index (Phi) is 5.37. The topological polar surface area (TPSA) is 58.6 Å². The molecule has 1 N–H and O–H groups in total. The Hall–Kier alpha value is -3.45. The number of ether oxygens (including phenoxy) is 1. The smallest absolute Gasteiger partial charge is 0.282 e. The molecular weight excluding hydrogens is 403 g/mol. The second kappa shape index (κ2) is 8.12. The molecule has 0 fully saturated rings. The van der Waals surface area contributed by atoms with Gasteiger partial charge in [-0.25, -0.2) is 9.29 Å². The number of rotatable bonds is 6. The second-order valence-electron chi connectivity index (χ2n) is 6.97. The SMILES string of the molecule is CC(C)Oc1ccc(NC2=C(c3cccs3)C(=O)N(c3cccc(F)c3)C2=O)cc1. The van der Waals surface area contributed by atoms with Gasteiger partial charge in [0.2, 0.25) is 0 Å². The molecule has 0 aliphatic carbocycles. The van der Waals surface area contributed by atoms with Gasteiger partial charge in [0.1, 0.15) is 17.3 Å². The monoisotopic (exact) mass is 422 g/mol. The minimum absolute atomic E-state index is 0.0470. The van der Waals surface area contributed by atoms with E-state index in [4.69, 9.17) is 4.74 Å². The molecule has 4 rings (SSSR count). The number of hydrogen-bond acceptors (Lipinski definition) is 5. The summed E-state index contributed by atoms with van der Waals surface area (Å²) in [4.78, 5) is 28.0. The first-order valence-corrected chi connectivity index (χ1v) is 10.3. The summed E-state index contributed by atoms with van der Waals surface area (Å²) >= 11 is 1.36. The highest BCUT2D eigenvalue weighted by Gasteiger charge is 2.40. The lowest BCUT2D eigenvalue weighted by molar-refractivity contribution is -0.120. The maximum Gasteiger partial charge on any atom is 0.282 e. The molecule has 1 aromatic heterocycles. The van der Waals surface area contributed by atoms with Crippen LogP contribution in [0, 0.1) is 5.82 Å². The van der Waals surface area contributed by atoms with Gasteiger partial charge < -0.3 is 10.1 Å². The van der Waals surface area contributed by atoms with Crippen molar-refractivity contribution in [2.45, 2.75) is 20.0 Å². The lowest BCUT2D eigenvalue weighted by Crippen LogP contribution is -2.32. The van der Waals surface area contributed by atoms with E-state index in [1.807, 2.05) is 25.3 Å². The summed E-state index contributed by atoms with van der Waals surface area (Å²) in [5.41, 5.74) is 1.25. The zero-order valence-electron chi connectivity index (χ0n) is 16.4. The van der Waals surface area contributed by atoms with Gasteiger partial charge in [-0.1, -0.05) is 12.1 Å². The Morgan fingerprint density at radius 2 is 1.77 bits per heavy atom. The van der Waals surface area contributed by atoms with Crippen LogP contribution >= 0.6 is 11.3 Å². The number of amides is 2. The minimum Gasteiger partial charge on any atom is -0.491 e. The molecule has 0 bridgehead atoms. The van der Waals surface area contributed by atoms with Gasteiger partial charge in [-0.2, -0.15) is 0 Å². The molecule has 0 saturated heterocycles. The van der Waals surface area contributed by atoms with Gasteiger partial charge in [0.15, 0.2) is 0 Å². The van der Waals surface area contributed by atoms with Crippen LogP contribution in [0.15, 0.2) is 71.7 Å². The Morgan fingerprint density at radius 1 is 1.00 bits per heavy atom. The van der Waals surface area contributed by atoms with Crippen molar-refractivity contribution < 1.29 is 18.7 Å². The van der Waals surface area contributed by atoms with Crippen molar-refractivity contribution in [1.82, 2.24) is 0 Å². The number of nitrogens with one attached hydrogen (secondary N) is 1. The quantitative estimate of drug-likeness (QED) is 0.564. The van der Waals surface area contributed by atoms with Crippen molar-refractivity contribution in [3.05, 3.63) is 82.4 Å². The van der Waals surface area contributed by atoms with Crippen LogP contribution in [0.4, 0.5) is 15.8 Å². The van der Waals surface area contributed by atoms with Gasteiger partial charge >= 0.3 is 0 Å². The molecule has 1 aliphatic heterocycles. The lowest BCUT2D eigenvalue weighted by atomic mass is 10.2. The fourth-order valence-electron chi connectivity index (χ4n) is 3.18. The van der Waals surface area contributed by atoms with E-state index in [0.717, 1.165) is 4.90 Å². The van der Waals surface area contributed by atoms with E-state index in [9.17, 15) is 14.0 Å². The molecule has 0 spiro atoms. The van der Waals surface area contributed by atoms with E-state index in [-0.39, 0.29) is 23.1 Å².